The SMILES string of the molecule is CC(=O)O[C@@H]1C[C@@H](c2cc(O)c(O)c(OCCc3cccnc3)c2)O[C@H]2[C@H]1CC[C@@H]1C#C[C@@H]3CCCC[C@H]3Oc3cc(ccc3O)C[C@@H]21. The molecular weight excluding hydrogens is 610 g/mol. The summed E-state index contributed by atoms with van der Waals surface area (Å²) < 4.78 is 25.3. The average molecular weight is 654 g/mol. The minimum absolute atomic E-state index is 0.0180. The molecule has 1 aromatic heterocycles. The average Bonchev–Trinajstić information content (AvgIpc) is 3.10. The van der Waals surface area contributed by atoms with Crippen molar-refractivity contribution in [3.8, 4) is 40.6 Å². The number of ether oxygens (including phenoxy) is 4. The first-order valence-electron chi connectivity index (χ1n) is 17.2. The maximum atomic E-state index is 12.4. The Hall–Kier alpha value is -4.42. The van der Waals surface area contributed by atoms with E-state index in [1.807, 2.05) is 24.3 Å². The first-order valence-corrected chi connectivity index (χ1v) is 17.2. The molecule has 2 aliphatic heterocycles. The summed E-state index contributed by atoms with van der Waals surface area (Å²) in [7, 11) is 0. The lowest BCUT2D eigenvalue weighted by molar-refractivity contribution is -0.196. The van der Waals surface area contributed by atoms with Crippen LogP contribution in [0.4, 0.5) is 0 Å². The third kappa shape index (κ3) is 6.91. The van der Waals surface area contributed by atoms with E-state index in [1.54, 1.807) is 24.5 Å². The van der Waals surface area contributed by atoms with Crippen LogP contribution in [0.5, 0.6) is 28.7 Å². The molecule has 0 radical (unpaired) electrons. The van der Waals surface area contributed by atoms with Crippen molar-refractivity contribution >= 4 is 5.97 Å². The lowest BCUT2D eigenvalue weighted by Crippen LogP contribution is -2.51. The van der Waals surface area contributed by atoms with E-state index < -0.39 is 12.2 Å². The van der Waals surface area contributed by atoms with E-state index >= 15 is 0 Å². The maximum absolute atomic E-state index is 12.4. The van der Waals surface area contributed by atoms with Crippen LogP contribution in [-0.4, -0.2) is 51.2 Å². The van der Waals surface area contributed by atoms with Gasteiger partial charge in [-0.15, -0.1) is 0 Å². The number of esters is 1. The molecule has 2 aromatic carbocycles. The number of hydrogen-bond acceptors (Lipinski definition) is 9. The van der Waals surface area contributed by atoms with E-state index in [2.05, 4.69) is 16.8 Å². The number of benzene rings is 2. The van der Waals surface area contributed by atoms with Crippen molar-refractivity contribution in [1.82, 2.24) is 4.98 Å². The molecular formula is C39H43NO8. The number of phenols is 3. The summed E-state index contributed by atoms with van der Waals surface area (Å²) in [6.45, 7) is 1.71. The molecule has 3 heterocycles. The van der Waals surface area contributed by atoms with Gasteiger partial charge in [-0.3, -0.25) is 9.78 Å². The van der Waals surface area contributed by atoms with Gasteiger partial charge >= 0.3 is 5.97 Å². The summed E-state index contributed by atoms with van der Waals surface area (Å²) in [5, 5.41) is 32.2. The zero-order valence-electron chi connectivity index (χ0n) is 27.2. The van der Waals surface area contributed by atoms with Crippen molar-refractivity contribution in [2.75, 3.05) is 6.61 Å². The monoisotopic (exact) mass is 653 g/mol. The van der Waals surface area contributed by atoms with E-state index in [0.29, 0.717) is 30.6 Å². The molecule has 0 unspecified atom stereocenters. The van der Waals surface area contributed by atoms with Gasteiger partial charge in [-0.2, -0.15) is 0 Å². The number of nitrogens with zero attached hydrogens (tertiary/aromatic N) is 1. The molecule has 3 N–H and O–H groups in total. The molecule has 3 fully saturated rings. The van der Waals surface area contributed by atoms with Gasteiger partial charge in [-0.25, -0.2) is 0 Å². The van der Waals surface area contributed by atoms with E-state index in [9.17, 15) is 20.1 Å². The molecule has 2 bridgehead atoms. The summed E-state index contributed by atoms with van der Waals surface area (Å²) in [5.41, 5.74) is 2.65. The zero-order chi connectivity index (χ0) is 33.2. The van der Waals surface area contributed by atoms with Crippen LogP contribution in [0.1, 0.15) is 74.7 Å². The van der Waals surface area contributed by atoms with Crippen LogP contribution in [0.15, 0.2) is 54.9 Å². The maximum Gasteiger partial charge on any atom is 0.302 e. The molecule has 4 aliphatic rings. The smallest absolute Gasteiger partial charge is 0.302 e. The molecule has 8 atom stereocenters. The highest BCUT2D eigenvalue weighted by Crippen LogP contribution is 2.50. The van der Waals surface area contributed by atoms with E-state index in [1.165, 1.54) is 13.0 Å². The fraction of sp³-hybridized carbons (Fsp3) is 0.487. The van der Waals surface area contributed by atoms with Crippen LogP contribution in [0.3, 0.4) is 0 Å². The number of hydrogen-bond donors (Lipinski definition) is 3. The zero-order valence-corrected chi connectivity index (χ0v) is 27.2. The van der Waals surface area contributed by atoms with Gasteiger partial charge < -0.3 is 34.3 Å². The summed E-state index contributed by atoms with van der Waals surface area (Å²) in [6, 6.07) is 12.6. The molecule has 2 aliphatic carbocycles. The highest BCUT2D eigenvalue weighted by Gasteiger charge is 2.49. The van der Waals surface area contributed by atoms with Gasteiger partial charge in [-0.1, -0.05) is 30.4 Å². The topological polar surface area (TPSA) is 128 Å². The predicted molar refractivity (Wildman–Crippen MR) is 177 cm³/mol. The molecule has 1 saturated heterocycles. The molecule has 252 valence electrons. The van der Waals surface area contributed by atoms with Crippen LogP contribution in [0, 0.1) is 35.5 Å². The summed E-state index contributed by atoms with van der Waals surface area (Å²) in [6.07, 6.45) is 9.54. The minimum Gasteiger partial charge on any atom is -0.504 e. The second-order valence-corrected chi connectivity index (χ2v) is 13.7. The van der Waals surface area contributed by atoms with Gasteiger partial charge in [0.15, 0.2) is 23.0 Å². The van der Waals surface area contributed by atoms with Crippen molar-refractivity contribution in [1.29, 1.82) is 0 Å². The van der Waals surface area contributed by atoms with Gasteiger partial charge in [-0.05, 0) is 85.5 Å². The Kier molecular flexibility index (Phi) is 9.36. The van der Waals surface area contributed by atoms with Gasteiger partial charge in [0, 0.05) is 49.9 Å². The normalized spacial score (nSPS) is 29.3. The van der Waals surface area contributed by atoms with Crippen molar-refractivity contribution in [3.05, 3.63) is 71.5 Å². The molecule has 0 spiro atoms. The minimum atomic E-state index is -0.533. The molecule has 9 nitrogen and oxygen atoms in total. The van der Waals surface area contributed by atoms with E-state index in [0.717, 1.165) is 49.7 Å². The van der Waals surface area contributed by atoms with Crippen molar-refractivity contribution in [2.24, 2.45) is 23.7 Å². The van der Waals surface area contributed by atoms with Crippen LogP contribution >= 0.6 is 0 Å². The van der Waals surface area contributed by atoms with Crippen LogP contribution in [-0.2, 0) is 27.1 Å². The van der Waals surface area contributed by atoms with E-state index in [-0.39, 0.29) is 71.5 Å². The number of phenolic OH excluding ortho intramolecular Hbond substituents is 3. The third-order valence-corrected chi connectivity index (χ3v) is 10.5. The molecule has 48 heavy (non-hydrogen) atoms. The fourth-order valence-electron chi connectivity index (χ4n) is 8.09. The molecule has 3 aromatic rings. The number of fused-ring (bicyclic) bond motifs is 6. The van der Waals surface area contributed by atoms with Gasteiger partial charge in [0.25, 0.3) is 0 Å². The van der Waals surface area contributed by atoms with Crippen LogP contribution in [0.25, 0.3) is 0 Å². The van der Waals surface area contributed by atoms with Gasteiger partial charge in [0.2, 0.25) is 5.75 Å². The quantitative estimate of drug-likeness (QED) is 0.157. The largest absolute Gasteiger partial charge is 0.504 e. The van der Waals surface area contributed by atoms with Crippen LogP contribution < -0.4 is 9.47 Å². The summed E-state index contributed by atoms with van der Waals surface area (Å²) >= 11 is 0. The number of carbonyl (C=O) groups is 1. The Bertz CT molecular complexity index is 1680. The van der Waals surface area contributed by atoms with Crippen LogP contribution in [0.2, 0.25) is 0 Å². The standard InChI is InChI=1S/C39H43NO8/c1-23(41)46-35-21-34(28-19-32(43)38(44)37(20-28)45-16-14-24-5-4-15-40-22-24)48-39-29(35)12-11-26-9-10-27-6-2-3-7-33(27)47-36-18-25(17-30(26)39)8-13-31(36)42/h4-5,8,13,15,18-20,22,26-27,29-30,33-35,39,42-44H,2-3,6-7,11-12,14,16-17,21H2,1H3/t26-,27-,29-,30+,33+,34-,35+,39-/m0/s1. The lowest BCUT2D eigenvalue weighted by atomic mass is 9.66. The Labute approximate surface area is 281 Å². The number of carbonyl (C=O) groups excluding carboxylic acids is 1. The number of aromatic nitrogens is 1. The Morgan fingerprint density at radius 1 is 0.979 bits per heavy atom. The fourth-order valence-corrected chi connectivity index (χ4v) is 8.09. The second kappa shape index (κ2) is 14.0. The van der Waals surface area contributed by atoms with Gasteiger partial charge in [0.1, 0.15) is 12.2 Å². The molecule has 9 heteroatoms. The number of aromatic hydroxyl groups is 3. The summed E-state index contributed by atoms with van der Waals surface area (Å²) in [4.78, 5) is 16.5. The first kappa shape index (κ1) is 32.1. The molecule has 0 amide bonds. The molecule has 7 rings (SSSR count). The highest BCUT2D eigenvalue weighted by atomic mass is 16.6. The third-order valence-electron chi connectivity index (χ3n) is 10.5. The molecule has 2 saturated carbocycles. The number of rotatable bonds is 6. The Balaban J connectivity index is 1.20. The van der Waals surface area contributed by atoms with Crippen molar-refractivity contribution in [3.63, 3.8) is 0 Å². The number of pyridine rings is 1. The Morgan fingerprint density at radius 2 is 1.83 bits per heavy atom. The predicted octanol–water partition coefficient (Wildman–Crippen LogP) is 6.42. The summed E-state index contributed by atoms with van der Waals surface area (Å²) in [5.74, 6) is 7.15. The first-order chi connectivity index (χ1) is 23.3. The van der Waals surface area contributed by atoms with Crippen molar-refractivity contribution in [2.45, 2.75) is 89.1 Å². The second-order valence-electron chi connectivity index (χ2n) is 13.7. The highest BCUT2D eigenvalue weighted by molar-refractivity contribution is 5.66. The Morgan fingerprint density at radius 3 is 2.67 bits per heavy atom. The van der Waals surface area contributed by atoms with Crippen molar-refractivity contribution < 1.29 is 39.1 Å². The lowest BCUT2D eigenvalue weighted by Gasteiger charge is -2.49. The van der Waals surface area contributed by atoms with Gasteiger partial charge in [0.05, 0.1) is 24.7 Å². The van der Waals surface area contributed by atoms with E-state index in [4.69, 9.17) is 18.9 Å².